The first-order valence-corrected chi connectivity index (χ1v) is 15.3. The highest BCUT2D eigenvalue weighted by Crippen LogP contribution is 2.37. The molecule has 10 heteroatoms. The van der Waals surface area contributed by atoms with E-state index in [4.69, 9.17) is 21.1 Å². The standard InChI is InChI=1S/C33H35ClN4O4S/c1-37(2)26-8-6-7-23(19-26)32(39)36-27-21-30(22-9-11-24(34)12-10-22)43-31(27)33(40)35-25-13-14-28(29(20-25)41-3)42-18-17-38-15-4-5-16-38/h6-14,19-21H,4-5,15-18H2,1-3H3,(H,35,40)(H,36,39). The molecule has 2 amide bonds. The highest BCUT2D eigenvalue weighted by molar-refractivity contribution is 7.18. The highest BCUT2D eigenvalue weighted by Gasteiger charge is 2.21. The van der Waals surface area contributed by atoms with Crippen molar-refractivity contribution in [3.05, 3.63) is 88.3 Å². The fourth-order valence-electron chi connectivity index (χ4n) is 4.87. The lowest BCUT2D eigenvalue weighted by atomic mass is 10.1. The van der Waals surface area contributed by atoms with Crippen LogP contribution in [0.15, 0.2) is 72.8 Å². The molecular weight excluding hydrogens is 584 g/mol. The summed E-state index contributed by atoms with van der Waals surface area (Å²) in [5.41, 5.74) is 3.24. The molecule has 1 aliphatic rings. The number of carbonyl (C=O) groups excluding carboxylic acids is 2. The van der Waals surface area contributed by atoms with Gasteiger partial charge in [0.05, 0.1) is 12.8 Å². The Balaban J connectivity index is 1.36. The van der Waals surface area contributed by atoms with Crippen molar-refractivity contribution in [2.45, 2.75) is 12.8 Å². The third-order valence-electron chi connectivity index (χ3n) is 7.23. The quantitative estimate of drug-likeness (QED) is 0.186. The summed E-state index contributed by atoms with van der Waals surface area (Å²) in [6.45, 7) is 3.65. The minimum Gasteiger partial charge on any atom is -0.493 e. The summed E-state index contributed by atoms with van der Waals surface area (Å²) in [5.74, 6) is 0.484. The first kappa shape index (κ1) is 30.4. The number of thiophene rings is 1. The van der Waals surface area contributed by atoms with Crippen LogP contribution in [0.25, 0.3) is 10.4 Å². The first-order valence-electron chi connectivity index (χ1n) is 14.1. The number of ether oxygens (including phenoxy) is 2. The van der Waals surface area contributed by atoms with E-state index in [9.17, 15) is 9.59 Å². The van der Waals surface area contributed by atoms with E-state index in [0.29, 0.717) is 44.9 Å². The summed E-state index contributed by atoms with van der Waals surface area (Å²) >= 11 is 7.39. The van der Waals surface area contributed by atoms with E-state index < -0.39 is 0 Å². The third-order valence-corrected chi connectivity index (χ3v) is 8.66. The van der Waals surface area contributed by atoms with Crippen molar-refractivity contribution in [2.75, 3.05) is 63.0 Å². The molecule has 2 N–H and O–H groups in total. The van der Waals surface area contributed by atoms with Crippen LogP contribution < -0.4 is 25.0 Å². The normalized spacial score (nSPS) is 13.0. The van der Waals surface area contributed by atoms with Crippen molar-refractivity contribution in [2.24, 2.45) is 0 Å². The van der Waals surface area contributed by atoms with Gasteiger partial charge in [0.25, 0.3) is 11.8 Å². The molecule has 1 fully saturated rings. The maximum Gasteiger partial charge on any atom is 0.267 e. The Kier molecular flexibility index (Phi) is 9.86. The number of nitrogens with zero attached hydrogens (tertiary/aromatic N) is 2. The van der Waals surface area contributed by atoms with Crippen molar-refractivity contribution in [3.63, 3.8) is 0 Å². The van der Waals surface area contributed by atoms with Gasteiger partial charge in [0.15, 0.2) is 11.5 Å². The van der Waals surface area contributed by atoms with Gasteiger partial charge in [0.2, 0.25) is 0 Å². The number of anilines is 3. The molecule has 0 atom stereocenters. The Bertz CT molecular complexity index is 1580. The topological polar surface area (TPSA) is 83.1 Å². The van der Waals surface area contributed by atoms with Gasteiger partial charge in [-0.2, -0.15) is 0 Å². The fraction of sp³-hybridized carbons (Fsp3) is 0.273. The maximum absolute atomic E-state index is 13.6. The zero-order valence-electron chi connectivity index (χ0n) is 24.5. The van der Waals surface area contributed by atoms with Crippen LogP contribution >= 0.6 is 22.9 Å². The zero-order valence-corrected chi connectivity index (χ0v) is 26.1. The van der Waals surface area contributed by atoms with E-state index in [1.54, 1.807) is 43.5 Å². The largest absolute Gasteiger partial charge is 0.493 e. The molecule has 5 rings (SSSR count). The van der Waals surface area contributed by atoms with E-state index >= 15 is 0 Å². The summed E-state index contributed by atoms with van der Waals surface area (Å²) in [7, 11) is 5.41. The Hall–Kier alpha value is -4.05. The lowest BCUT2D eigenvalue weighted by molar-refractivity contribution is 0.102. The number of carbonyl (C=O) groups is 2. The summed E-state index contributed by atoms with van der Waals surface area (Å²) in [6.07, 6.45) is 2.47. The Morgan fingerprint density at radius 1 is 0.930 bits per heavy atom. The molecule has 0 bridgehead atoms. The zero-order chi connectivity index (χ0) is 30.3. The van der Waals surface area contributed by atoms with Gasteiger partial charge >= 0.3 is 0 Å². The average molecular weight is 619 g/mol. The molecule has 1 aliphatic heterocycles. The number of hydrogen-bond acceptors (Lipinski definition) is 7. The Labute approximate surface area is 261 Å². The van der Waals surface area contributed by atoms with Crippen LogP contribution in [0, 0.1) is 0 Å². The van der Waals surface area contributed by atoms with Crippen molar-refractivity contribution >= 4 is 51.8 Å². The van der Waals surface area contributed by atoms with E-state index in [2.05, 4.69) is 15.5 Å². The van der Waals surface area contributed by atoms with Gasteiger partial charge in [0, 0.05) is 53.5 Å². The van der Waals surface area contributed by atoms with Crippen LogP contribution in [0.2, 0.25) is 5.02 Å². The van der Waals surface area contributed by atoms with Crippen LogP contribution in [0.1, 0.15) is 32.9 Å². The lowest BCUT2D eigenvalue weighted by Gasteiger charge is -2.17. The molecule has 0 saturated carbocycles. The third kappa shape index (κ3) is 7.67. The molecule has 0 aliphatic carbocycles. The van der Waals surface area contributed by atoms with E-state index in [-0.39, 0.29) is 11.8 Å². The molecule has 0 unspecified atom stereocenters. The minimum atomic E-state index is -0.354. The summed E-state index contributed by atoms with van der Waals surface area (Å²) in [6, 6.07) is 21.8. The lowest BCUT2D eigenvalue weighted by Crippen LogP contribution is -2.25. The molecule has 8 nitrogen and oxygen atoms in total. The maximum atomic E-state index is 13.6. The second-order valence-electron chi connectivity index (χ2n) is 10.5. The van der Waals surface area contributed by atoms with Gasteiger partial charge in [-0.05, 0) is 80.0 Å². The summed E-state index contributed by atoms with van der Waals surface area (Å²) in [5, 5.41) is 6.53. The number of rotatable bonds is 11. The second-order valence-corrected chi connectivity index (χ2v) is 12.0. The Morgan fingerprint density at radius 3 is 2.42 bits per heavy atom. The summed E-state index contributed by atoms with van der Waals surface area (Å²) in [4.78, 5) is 32.4. The number of halogens is 1. The van der Waals surface area contributed by atoms with E-state index in [0.717, 1.165) is 35.8 Å². The van der Waals surface area contributed by atoms with Crippen LogP contribution in [0.4, 0.5) is 17.1 Å². The second kappa shape index (κ2) is 13.9. The number of nitrogens with one attached hydrogen (secondary N) is 2. The molecular formula is C33H35ClN4O4S. The molecule has 1 saturated heterocycles. The van der Waals surface area contributed by atoms with Crippen molar-refractivity contribution in [3.8, 4) is 21.9 Å². The van der Waals surface area contributed by atoms with Gasteiger partial charge in [-0.1, -0.05) is 29.8 Å². The number of amides is 2. The van der Waals surface area contributed by atoms with Crippen LogP contribution in [0.5, 0.6) is 11.5 Å². The fourth-order valence-corrected chi connectivity index (χ4v) is 6.01. The van der Waals surface area contributed by atoms with Gasteiger partial charge in [0.1, 0.15) is 11.5 Å². The number of likely N-dealkylation sites (tertiary alicyclic amines) is 1. The van der Waals surface area contributed by atoms with Crippen LogP contribution in [-0.2, 0) is 0 Å². The molecule has 0 radical (unpaired) electrons. The smallest absolute Gasteiger partial charge is 0.267 e. The predicted molar refractivity (Wildman–Crippen MR) is 176 cm³/mol. The number of methoxy groups -OCH3 is 1. The molecule has 224 valence electrons. The molecule has 43 heavy (non-hydrogen) atoms. The van der Waals surface area contributed by atoms with E-state index in [1.165, 1.54) is 24.2 Å². The van der Waals surface area contributed by atoms with Crippen molar-refractivity contribution in [1.29, 1.82) is 0 Å². The van der Waals surface area contributed by atoms with Crippen LogP contribution in [-0.4, -0.2) is 64.2 Å². The average Bonchev–Trinajstić information content (AvgIpc) is 3.68. The molecule has 1 aromatic heterocycles. The van der Waals surface area contributed by atoms with Crippen LogP contribution in [0.3, 0.4) is 0 Å². The summed E-state index contributed by atoms with van der Waals surface area (Å²) < 4.78 is 11.5. The predicted octanol–water partition coefficient (Wildman–Crippen LogP) is 7.12. The minimum absolute atomic E-state index is 0.310. The molecule has 4 aromatic rings. The number of hydrogen-bond donors (Lipinski definition) is 2. The SMILES string of the molecule is COc1cc(NC(=O)c2sc(-c3ccc(Cl)cc3)cc2NC(=O)c2cccc(N(C)C)c2)ccc1OCCN1CCCC1. The van der Waals surface area contributed by atoms with Crippen molar-refractivity contribution < 1.29 is 19.1 Å². The van der Waals surface area contributed by atoms with Gasteiger partial charge in [-0.25, -0.2) is 0 Å². The first-order chi connectivity index (χ1) is 20.8. The number of benzene rings is 3. The van der Waals surface area contributed by atoms with Gasteiger partial charge in [-0.15, -0.1) is 11.3 Å². The Morgan fingerprint density at radius 2 is 1.70 bits per heavy atom. The molecule has 0 spiro atoms. The van der Waals surface area contributed by atoms with Crippen molar-refractivity contribution in [1.82, 2.24) is 4.90 Å². The molecule has 2 heterocycles. The van der Waals surface area contributed by atoms with Gasteiger partial charge in [-0.3, -0.25) is 14.5 Å². The molecule has 3 aromatic carbocycles. The highest BCUT2D eigenvalue weighted by atomic mass is 35.5. The van der Waals surface area contributed by atoms with E-state index in [1.807, 2.05) is 55.4 Å². The van der Waals surface area contributed by atoms with Gasteiger partial charge < -0.3 is 25.0 Å². The monoisotopic (exact) mass is 618 g/mol.